The van der Waals surface area contributed by atoms with Crippen molar-refractivity contribution in [2.24, 2.45) is 27.1 Å². The molecule has 0 saturated heterocycles. The van der Waals surface area contributed by atoms with Crippen molar-refractivity contribution in [2.75, 3.05) is 0 Å². The van der Waals surface area contributed by atoms with Gasteiger partial charge in [-0.15, -0.1) is 0 Å². The molecule has 0 N–H and O–H groups in total. The molecule has 0 atom stereocenters. The fourth-order valence-electron chi connectivity index (χ4n) is 5.51. The summed E-state index contributed by atoms with van der Waals surface area (Å²) in [6.45, 7) is 33.0. The minimum absolute atomic E-state index is 0. The first kappa shape index (κ1) is 74.3. The molecular weight excluding hydrogens is 835 g/mol. The Morgan fingerprint density at radius 1 is 0.258 bits per heavy atom. The number of hydrogen-bond acceptors (Lipinski definition) is 10. The second kappa shape index (κ2) is 42.9. The third-order valence-corrected chi connectivity index (χ3v) is 9.04. The Labute approximate surface area is 394 Å². The van der Waals surface area contributed by atoms with Crippen LogP contribution in [0.2, 0.25) is 0 Å². The Kier molecular flexibility index (Phi) is 51.4. The number of carbonyl (C=O) groups is 5. The quantitative estimate of drug-likeness (QED) is 0.0634. The number of carbonyl (C=O) groups excluding carboxylic acids is 5. The number of unbranched alkanes of at least 4 members (excludes halogenated alkanes) is 10. The normalized spacial score (nSPS) is 11.2. The maximum atomic E-state index is 10.0. The largest absolute Gasteiger partial charge is 3.00 e. The molecule has 10 nitrogen and oxygen atoms in total. The van der Waals surface area contributed by atoms with Crippen molar-refractivity contribution in [1.29, 1.82) is 0 Å². The first-order valence-electron chi connectivity index (χ1n) is 23.1. The van der Waals surface area contributed by atoms with Crippen LogP contribution in [0.1, 0.15) is 264 Å². The summed E-state index contributed by atoms with van der Waals surface area (Å²) in [6, 6.07) is 0. The number of hydrogen-bond donors (Lipinski definition) is 0. The SMILES string of the molecule is CC(C)(C)CCCCCC(=O)[O-].CC(C)(C)CCCCCC(=O)[O-].CC(C)(C)CCCCCC(=O)[O-].CC(C)(C)CCCCCC(=O)[O-].CC(C)(C)CCCCCC(=O)[O-].[B+3].[Cu+2]. The van der Waals surface area contributed by atoms with Crippen LogP contribution in [-0.4, -0.2) is 38.3 Å². The van der Waals surface area contributed by atoms with Gasteiger partial charge in [0.1, 0.15) is 0 Å². The van der Waals surface area contributed by atoms with E-state index in [-0.39, 0.29) is 57.6 Å². The van der Waals surface area contributed by atoms with Crippen LogP contribution in [0.3, 0.4) is 0 Å². The fourth-order valence-corrected chi connectivity index (χ4v) is 5.51. The number of carboxylic acid groups (broad SMARTS) is 5. The van der Waals surface area contributed by atoms with Gasteiger partial charge in [0, 0.05) is 29.8 Å². The first-order chi connectivity index (χ1) is 27.1. The minimum atomic E-state index is -0.925. The van der Waals surface area contributed by atoms with Gasteiger partial charge in [-0.25, -0.2) is 0 Å². The smallest absolute Gasteiger partial charge is 0.550 e. The Morgan fingerprint density at radius 3 is 0.452 bits per heavy atom. The van der Waals surface area contributed by atoms with Gasteiger partial charge in [0.15, 0.2) is 0 Å². The van der Waals surface area contributed by atoms with E-state index in [4.69, 9.17) is 0 Å². The molecule has 0 aliphatic heterocycles. The molecule has 1 radical (unpaired) electrons. The molecule has 0 heterocycles. The van der Waals surface area contributed by atoms with Crippen molar-refractivity contribution in [3.8, 4) is 0 Å². The van der Waals surface area contributed by atoms with Crippen molar-refractivity contribution < 1.29 is 66.6 Å². The Bertz CT molecular complexity index is 878. The summed E-state index contributed by atoms with van der Waals surface area (Å²) in [4.78, 5) is 50.2. The Balaban J connectivity index is -0.000000121. The van der Waals surface area contributed by atoms with Crippen LogP contribution in [0, 0.1) is 27.1 Å². The summed E-state index contributed by atoms with van der Waals surface area (Å²) in [6.07, 6.45) is 21.3. The van der Waals surface area contributed by atoms with Crippen LogP contribution in [-0.2, 0) is 41.0 Å². The van der Waals surface area contributed by atoms with Gasteiger partial charge >= 0.3 is 25.5 Å². The van der Waals surface area contributed by atoms with Crippen molar-refractivity contribution in [3.63, 3.8) is 0 Å². The van der Waals surface area contributed by atoms with E-state index < -0.39 is 29.8 Å². The summed E-state index contributed by atoms with van der Waals surface area (Å²) in [5.74, 6) is -4.63. The van der Waals surface area contributed by atoms with E-state index in [1.165, 1.54) is 32.1 Å². The average molecular weight is 931 g/mol. The molecule has 12 heteroatoms. The topological polar surface area (TPSA) is 201 Å². The summed E-state index contributed by atoms with van der Waals surface area (Å²) >= 11 is 0. The Morgan fingerprint density at radius 2 is 0.371 bits per heavy atom. The molecule has 0 bridgehead atoms. The second-order valence-corrected chi connectivity index (χ2v) is 22.5. The molecule has 0 aromatic heterocycles. The molecule has 0 aromatic rings. The minimum Gasteiger partial charge on any atom is -0.550 e. The van der Waals surface area contributed by atoms with Crippen LogP contribution in [0.15, 0.2) is 0 Å². The monoisotopic (exact) mass is 930 g/mol. The van der Waals surface area contributed by atoms with Gasteiger partial charge in [0.25, 0.3) is 0 Å². The molecule has 0 fully saturated rings. The molecule has 62 heavy (non-hydrogen) atoms. The zero-order chi connectivity index (χ0) is 48.1. The molecule has 0 amide bonds. The summed E-state index contributed by atoms with van der Waals surface area (Å²) in [5, 5.41) is 50.2. The molecule has 0 rings (SSSR count). The van der Waals surface area contributed by atoms with Gasteiger partial charge in [-0.05, 0) is 123 Å². The molecule has 0 aliphatic rings. The fraction of sp³-hybridized carbons (Fsp3) is 0.900. The van der Waals surface area contributed by atoms with Crippen LogP contribution in [0.25, 0.3) is 0 Å². The van der Waals surface area contributed by atoms with Crippen LogP contribution in [0.4, 0.5) is 0 Å². The molecule has 369 valence electrons. The molecule has 0 unspecified atom stereocenters. The van der Waals surface area contributed by atoms with Crippen molar-refractivity contribution in [2.45, 2.75) is 264 Å². The third kappa shape index (κ3) is 102. The summed E-state index contributed by atoms with van der Waals surface area (Å²) < 4.78 is 0. The maximum Gasteiger partial charge on any atom is 3.00 e. The number of carboxylic acids is 5. The van der Waals surface area contributed by atoms with Gasteiger partial charge in [-0.2, -0.15) is 0 Å². The third-order valence-electron chi connectivity index (χ3n) is 9.04. The van der Waals surface area contributed by atoms with Crippen LogP contribution < -0.4 is 25.5 Å². The van der Waals surface area contributed by atoms with Gasteiger partial charge in [0.2, 0.25) is 0 Å². The predicted molar refractivity (Wildman–Crippen MR) is 243 cm³/mol. The van der Waals surface area contributed by atoms with Crippen molar-refractivity contribution >= 4 is 38.3 Å². The number of aliphatic carboxylic acids is 5. The molecule has 0 saturated carbocycles. The summed E-state index contributed by atoms with van der Waals surface area (Å²) in [5.41, 5.74) is 1.88. The molecule has 0 aromatic carbocycles. The van der Waals surface area contributed by atoms with Gasteiger partial charge in [-0.3, -0.25) is 0 Å². The average Bonchev–Trinajstić information content (AvgIpc) is 3.02. The molecular formula is C50H95BCuO10. The van der Waals surface area contributed by atoms with E-state index in [9.17, 15) is 49.5 Å². The van der Waals surface area contributed by atoms with E-state index in [0.717, 1.165) is 96.3 Å². The molecule has 0 spiro atoms. The van der Waals surface area contributed by atoms with E-state index >= 15 is 0 Å². The zero-order valence-electron chi connectivity index (χ0n) is 42.6. The van der Waals surface area contributed by atoms with E-state index in [2.05, 4.69) is 104 Å². The van der Waals surface area contributed by atoms with Gasteiger partial charge < -0.3 is 49.5 Å². The van der Waals surface area contributed by atoms with Gasteiger partial charge in [-0.1, -0.05) is 168 Å². The van der Waals surface area contributed by atoms with Crippen molar-refractivity contribution in [1.82, 2.24) is 0 Å². The van der Waals surface area contributed by atoms with E-state index in [0.29, 0.717) is 27.1 Å². The van der Waals surface area contributed by atoms with Crippen LogP contribution in [0.5, 0.6) is 0 Å². The zero-order valence-corrected chi connectivity index (χ0v) is 43.6. The van der Waals surface area contributed by atoms with E-state index in [1.807, 2.05) is 0 Å². The van der Waals surface area contributed by atoms with Crippen molar-refractivity contribution in [3.05, 3.63) is 0 Å². The second-order valence-electron chi connectivity index (χ2n) is 22.5. The first-order valence-corrected chi connectivity index (χ1v) is 23.1. The number of rotatable bonds is 25. The standard InChI is InChI=1S/5C10H20O2.B.Cu/c5*1-10(2,3)8-6-4-5-7-9(11)12;;/h5*4-8H2,1-3H3,(H,11,12);;/q;;;;;+3;+2/p-5. The molecule has 0 aliphatic carbocycles. The Hall–Kier alpha value is -2.07. The van der Waals surface area contributed by atoms with Gasteiger partial charge in [0.05, 0.1) is 0 Å². The maximum absolute atomic E-state index is 10.0. The van der Waals surface area contributed by atoms with Crippen LogP contribution >= 0.6 is 0 Å². The predicted octanol–water partition coefficient (Wildman–Crippen LogP) is 8.28. The summed E-state index contributed by atoms with van der Waals surface area (Å²) in [7, 11) is 0. The van der Waals surface area contributed by atoms with E-state index in [1.54, 1.807) is 0 Å².